The van der Waals surface area contributed by atoms with Crippen molar-refractivity contribution in [1.82, 2.24) is 0 Å². The first-order valence-corrected chi connectivity index (χ1v) is 6.26. The molecule has 0 aromatic heterocycles. The van der Waals surface area contributed by atoms with E-state index in [0.29, 0.717) is 13.2 Å². The summed E-state index contributed by atoms with van der Waals surface area (Å²) in [5.41, 5.74) is 12.5. The average Bonchev–Trinajstić information content (AvgIpc) is 2.22. The molecule has 0 spiro atoms. The molecule has 4 N–H and O–H groups in total. The van der Waals surface area contributed by atoms with Gasteiger partial charge in [-0.1, -0.05) is 15.9 Å². The second-order valence-corrected chi connectivity index (χ2v) is 4.88. The number of benzene rings is 1. The monoisotopic (exact) mass is 286 g/mol. The van der Waals surface area contributed by atoms with E-state index in [-0.39, 0.29) is 6.04 Å². The van der Waals surface area contributed by atoms with E-state index >= 15 is 0 Å². The number of rotatable bonds is 6. The lowest BCUT2D eigenvalue weighted by Gasteiger charge is -2.13. The Balaban J connectivity index is 2.41. The second kappa shape index (κ2) is 6.89. The molecule has 0 aliphatic rings. The van der Waals surface area contributed by atoms with Gasteiger partial charge in [0.05, 0.1) is 0 Å². The molecular weight excluding hydrogens is 268 g/mol. The quantitative estimate of drug-likeness (QED) is 0.843. The van der Waals surface area contributed by atoms with Crippen LogP contribution in [0.25, 0.3) is 0 Å². The summed E-state index contributed by atoms with van der Waals surface area (Å²) in [6.07, 6.45) is 1.85. The molecule has 0 unspecified atom stereocenters. The molecule has 90 valence electrons. The second-order valence-electron chi connectivity index (χ2n) is 3.97. The zero-order valence-electron chi connectivity index (χ0n) is 9.58. The van der Waals surface area contributed by atoms with E-state index in [9.17, 15) is 0 Å². The van der Waals surface area contributed by atoms with Crippen molar-refractivity contribution in [3.8, 4) is 5.75 Å². The highest BCUT2D eigenvalue weighted by molar-refractivity contribution is 9.10. The fourth-order valence-electron chi connectivity index (χ4n) is 1.45. The maximum atomic E-state index is 5.89. The van der Waals surface area contributed by atoms with Crippen LogP contribution in [0.2, 0.25) is 0 Å². The zero-order valence-corrected chi connectivity index (χ0v) is 11.2. The molecule has 0 saturated heterocycles. The Morgan fingerprint density at radius 3 is 2.75 bits per heavy atom. The van der Waals surface area contributed by atoms with Crippen molar-refractivity contribution in [2.75, 3.05) is 13.2 Å². The third-order valence-corrected chi connectivity index (χ3v) is 2.72. The van der Waals surface area contributed by atoms with Crippen molar-refractivity contribution < 1.29 is 4.74 Å². The van der Waals surface area contributed by atoms with Gasteiger partial charge in [-0.15, -0.1) is 0 Å². The van der Waals surface area contributed by atoms with Gasteiger partial charge in [-0.3, -0.25) is 0 Å². The average molecular weight is 287 g/mol. The van der Waals surface area contributed by atoms with E-state index in [4.69, 9.17) is 16.2 Å². The van der Waals surface area contributed by atoms with Crippen LogP contribution in [0.3, 0.4) is 0 Å². The van der Waals surface area contributed by atoms with E-state index in [0.717, 1.165) is 23.1 Å². The van der Waals surface area contributed by atoms with Crippen LogP contribution in [0.1, 0.15) is 18.4 Å². The van der Waals surface area contributed by atoms with Gasteiger partial charge in [0.15, 0.2) is 0 Å². The summed E-state index contributed by atoms with van der Waals surface area (Å²) in [7, 11) is 0. The van der Waals surface area contributed by atoms with Gasteiger partial charge in [-0.05, 0) is 50.1 Å². The van der Waals surface area contributed by atoms with Crippen molar-refractivity contribution >= 4 is 15.9 Å². The van der Waals surface area contributed by atoms with E-state index < -0.39 is 0 Å². The summed E-state index contributed by atoms with van der Waals surface area (Å²) in [5, 5.41) is 0. The number of hydrogen-bond acceptors (Lipinski definition) is 3. The normalized spacial score (nSPS) is 12.5. The van der Waals surface area contributed by atoms with E-state index in [1.807, 2.05) is 25.1 Å². The molecule has 0 heterocycles. The molecule has 3 nitrogen and oxygen atoms in total. The Morgan fingerprint density at radius 2 is 2.12 bits per heavy atom. The van der Waals surface area contributed by atoms with Crippen LogP contribution in [0.4, 0.5) is 0 Å². The third-order valence-electron chi connectivity index (χ3n) is 2.26. The largest absolute Gasteiger partial charge is 0.492 e. The van der Waals surface area contributed by atoms with Crippen LogP contribution in [0.15, 0.2) is 22.7 Å². The molecule has 0 bridgehead atoms. The van der Waals surface area contributed by atoms with Crippen LogP contribution in [-0.4, -0.2) is 19.2 Å². The molecule has 0 saturated carbocycles. The SMILES string of the molecule is Cc1cc(Br)cc(OC[C@@H](N)CCCN)c1. The molecule has 0 amide bonds. The zero-order chi connectivity index (χ0) is 12.0. The fraction of sp³-hybridized carbons (Fsp3) is 0.500. The van der Waals surface area contributed by atoms with Crippen LogP contribution >= 0.6 is 15.9 Å². The number of halogens is 1. The topological polar surface area (TPSA) is 61.3 Å². The van der Waals surface area contributed by atoms with Crippen molar-refractivity contribution in [3.63, 3.8) is 0 Å². The molecule has 1 rings (SSSR count). The Hall–Kier alpha value is -0.580. The number of nitrogens with two attached hydrogens (primary N) is 2. The molecule has 0 radical (unpaired) electrons. The van der Waals surface area contributed by atoms with Crippen molar-refractivity contribution in [3.05, 3.63) is 28.2 Å². The molecule has 4 heteroatoms. The van der Waals surface area contributed by atoms with E-state index in [1.165, 1.54) is 5.56 Å². The first kappa shape index (κ1) is 13.5. The van der Waals surface area contributed by atoms with Gasteiger partial charge < -0.3 is 16.2 Å². The minimum absolute atomic E-state index is 0.0582. The number of ether oxygens (including phenoxy) is 1. The van der Waals surface area contributed by atoms with Gasteiger partial charge in [-0.25, -0.2) is 0 Å². The van der Waals surface area contributed by atoms with Crippen LogP contribution in [0.5, 0.6) is 5.75 Å². The smallest absolute Gasteiger partial charge is 0.120 e. The number of hydrogen-bond donors (Lipinski definition) is 2. The first-order valence-electron chi connectivity index (χ1n) is 5.47. The van der Waals surface area contributed by atoms with Gasteiger partial charge in [0, 0.05) is 10.5 Å². The van der Waals surface area contributed by atoms with E-state index in [2.05, 4.69) is 15.9 Å². The predicted molar refractivity (Wildman–Crippen MR) is 70.6 cm³/mol. The molecule has 1 aromatic carbocycles. The Morgan fingerprint density at radius 1 is 1.38 bits per heavy atom. The predicted octanol–water partition coefficient (Wildman–Crippen LogP) is 2.20. The standard InChI is InChI=1S/C12H19BrN2O/c1-9-5-10(13)7-12(6-9)16-8-11(15)3-2-4-14/h5-7,11H,2-4,8,14-15H2,1H3/t11-/m0/s1. The van der Waals surface area contributed by atoms with Crippen molar-refractivity contribution in [2.45, 2.75) is 25.8 Å². The summed E-state index contributed by atoms with van der Waals surface area (Å²) in [6.45, 7) is 3.26. The van der Waals surface area contributed by atoms with Gasteiger partial charge in [0.2, 0.25) is 0 Å². The molecule has 0 aliphatic carbocycles. The van der Waals surface area contributed by atoms with Gasteiger partial charge in [0.25, 0.3) is 0 Å². The van der Waals surface area contributed by atoms with Crippen LogP contribution in [0, 0.1) is 6.92 Å². The summed E-state index contributed by atoms with van der Waals surface area (Å²) in [5.74, 6) is 0.857. The fourth-order valence-corrected chi connectivity index (χ4v) is 2.04. The summed E-state index contributed by atoms with van der Waals surface area (Å²) < 4.78 is 6.66. The van der Waals surface area contributed by atoms with Crippen molar-refractivity contribution in [2.24, 2.45) is 11.5 Å². The van der Waals surface area contributed by atoms with Crippen LogP contribution < -0.4 is 16.2 Å². The maximum absolute atomic E-state index is 5.89. The Kier molecular flexibility index (Phi) is 5.80. The molecule has 0 fully saturated rings. The highest BCUT2D eigenvalue weighted by Crippen LogP contribution is 2.21. The first-order chi connectivity index (χ1) is 7.61. The van der Waals surface area contributed by atoms with Gasteiger partial charge in [0.1, 0.15) is 12.4 Å². The molecule has 0 aliphatic heterocycles. The minimum atomic E-state index is 0.0582. The summed E-state index contributed by atoms with van der Waals surface area (Å²) in [6, 6.07) is 6.05. The van der Waals surface area contributed by atoms with Gasteiger partial charge in [-0.2, -0.15) is 0 Å². The molecular formula is C12H19BrN2O. The van der Waals surface area contributed by atoms with Crippen molar-refractivity contribution in [1.29, 1.82) is 0 Å². The van der Waals surface area contributed by atoms with Gasteiger partial charge >= 0.3 is 0 Å². The lowest BCUT2D eigenvalue weighted by Crippen LogP contribution is -2.28. The lowest BCUT2D eigenvalue weighted by molar-refractivity contribution is 0.280. The summed E-state index contributed by atoms with van der Waals surface area (Å²) in [4.78, 5) is 0. The highest BCUT2D eigenvalue weighted by Gasteiger charge is 2.04. The maximum Gasteiger partial charge on any atom is 0.120 e. The molecule has 1 aromatic rings. The molecule has 16 heavy (non-hydrogen) atoms. The molecule has 1 atom stereocenters. The lowest BCUT2D eigenvalue weighted by atomic mass is 10.2. The number of aryl methyl sites for hydroxylation is 1. The summed E-state index contributed by atoms with van der Waals surface area (Å²) >= 11 is 3.43. The Labute approximate surface area is 105 Å². The minimum Gasteiger partial charge on any atom is -0.492 e. The van der Waals surface area contributed by atoms with E-state index in [1.54, 1.807) is 0 Å². The third kappa shape index (κ3) is 4.96. The highest BCUT2D eigenvalue weighted by atomic mass is 79.9. The van der Waals surface area contributed by atoms with Crippen LogP contribution in [-0.2, 0) is 0 Å². The Bertz CT molecular complexity index is 311.